The first kappa shape index (κ1) is 11.0. The average Bonchev–Trinajstić information content (AvgIpc) is 2.57. The van der Waals surface area contributed by atoms with Gasteiger partial charge in [0.1, 0.15) is 0 Å². The van der Waals surface area contributed by atoms with Crippen LogP contribution in [0.1, 0.15) is 17.9 Å². The van der Waals surface area contributed by atoms with Crippen LogP contribution in [0.15, 0.2) is 27.1 Å². The molecular weight excluding hydrogens is 326 g/mol. The molecule has 1 saturated heterocycles. The molecule has 1 heterocycles. The van der Waals surface area contributed by atoms with Crippen molar-refractivity contribution in [3.8, 4) is 0 Å². The molecule has 2 atom stereocenters. The molecule has 2 rings (SSSR count). The summed E-state index contributed by atoms with van der Waals surface area (Å²) in [6, 6.07) is 7.04. The van der Waals surface area contributed by atoms with Crippen LogP contribution in [0.2, 0.25) is 0 Å². The molecular formula is C10H11Br2NS. The molecule has 1 aromatic carbocycles. The van der Waals surface area contributed by atoms with Crippen LogP contribution in [0, 0.1) is 0 Å². The first-order valence-electron chi connectivity index (χ1n) is 4.49. The molecule has 14 heavy (non-hydrogen) atoms. The Labute approximate surface area is 105 Å². The van der Waals surface area contributed by atoms with Crippen LogP contribution in [0.25, 0.3) is 0 Å². The number of nitrogens with one attached hydrogen (secondary N) is 1. The topological polar surface area (TPSA) is 12.0 Å². The highest BCUT2D eigenvalue weighted by molar-refractivity contribution is 9.13. The van der Waals surface area contributed by atoms with Crippen molar-refractivity contribution in [1.82, 2.24) is 5.32 Å². The zero-order chi connectivity index (χ0) is 10.1. The Balaban J connectivity index is 2.20. The third kappa shape index (κ3) is 2.35. The number of thioether (sulfide) groups is 1. The molecule has 1 N–H and O–H groups in total. The summed E-state index contributed by atoms with van der Waals surface area (Å²) in [4.78, 5) is 0. The summed E-state index contributed by atoms with van der Waals surface area (Å²) in [6.07, 6.45) is 0. The summed E-state index contributed by atoms with van der Waals surface area (Å²) < 4.78 is 2.23. The maximum Gasteiger partial charge on any atom is 0.0792 e. The molecule has 1 aliphatic rings. The van der Waals surface area contributed by atoms with Crippen molar-refractivity contribution in [2.24, 2.45) is 0 Å². The minimum atomic E-state index is 0.453. The van der Waals surface area contributed by atoms with Gasteiger partial charge in [-0.25, -0.2) is 0 Å². The first-order chi connectivity index (χ1) is 6.66. The van der Waals surface area contributed by atoms with E-state index >= 15 is 0 Å². The monoisotopic (exact) mass is 335 g/mol. The molecule has 1 aliphatic heterocycles. The number of hydrogen-bond acceptors (Lipinski definition) is 2. The van der Waals surface area contributed by atoms with Gasteiger partial charge in [-0.05, 0) is 56.5 Å². The Morgan fingerprint density at radius 2 is 2.14 bits per heavy atom. The molecule has 0 bridgehead atoms. The van der Waals surface area contributed by atoms with Gasteiger partial charge in [-0.1, -0.05) is 6.07 Å². The van der Waals surface area contributed by atoms with E-state index in [2.05, 4.69) is 62.3 Å². The Morgan fingerprint density at radius 1 is 1.36 bits per heavy atom. The Kier molecular flexibility index (Phi) is 3.58. The molecule has 4 heteroatoms. The van der Waals surface area contributed by atoms with Crippen molar-refractivity contribution >= 4 is 43.6 Å². The second-order valence-corrected chi connectivity index (χ2v) is 6.30. The molecule has 0 aromatic heterocycles. The van der Waals surface area contributed by atoms with Gasteiger partial charge in [-0.3, -0.25) is 5.32 Å². The number of halogens is 2. The van der Waals surface area contributed by atoms with Crippen LogP contribution in [0.5, 0.6) is 0 Å². The summed E-state index contributed by atoms with van der Waals surface area (Å²) in [5, 5.41) is 4.00. The number of benzene rings is 1. The fourth-order valence-corrected chi connectivity index (χ4v) is 3.35. The van der Waals surface area contributed by atoms with Crippen LogP contribution in [0.3, 0.4) is 0 Å². The smallest absolute Gasteiger partial charge is 0.0792 e. The van der Waals surface area contributed by atoms with Crippen LogP contribution < -0.4 is 5.32 Å². The standard InChI is InChI=1S/C10H11Br2NS/c1-6-5-14-10(13-6)7-2-3-8(11)9(12)4-7/h2-4,6,10,13H,5H2,1H3. The third-order valence-corrected chi connectivity index (χ3v) is 5.51. The van der Waals surface area contributed by atoms with Crippen molar-refractivity contribution in [3.05, 3.63) is 32.7 Å². The van der Waals surface area contributed by atoms with E-state index in [0.717, 1.165) is 8.95 Å². The molecule has 0 radical (unpaired) electrons. The lowest BCUT2D eigenvalue weighted by Crippen LogP contribution is -2.21. The van der Waals surface area contributed by atoms with Crippen LogP contribution in [-0.2, 0) is 0 Å². The normalized spacial score (nSPS) is 26.8. The zero-order valence-corrected chi connectivity index (χ0v) is 11.7. The molecule has 0 aliphatic carbocycles. The number of rotatable bonds is 1. The van der Waals surface area contributed by atoms with Gasteiger partial charge in [0, 0.05) is 20.7 Å². The highest BCUT2D eigenvalue weighted by atomic mass is 79.9. The van der Waals surface area contributed by atoms with E-state index in [1.54, 1.807) is 0 Å². The van der Waals surface area contributed by atoms with Crippen molar-refractivity contribution < 1.29 is 0 Å². The molecule has 1 fully saturated rings. The van der Waals surface area contributed by atoms with Crippen LogP contribution >= 0.6 is 43.6 Å². The SMILES string of the molecule is CC1CSC(c2ccc(Br)c(Br)c2)N1. The first-order valence-corrected chi connectivity index (χ1v) is 7.13. The predicted molar refractivity (Wildman–Crippen MR) is 69.6 cm³/mol. The Hall–Kier alpha value is 0.490. The maximum absolute atomic E-state index is 3.54. The van der Waals surface area contributed by atoms with E-state index < -0.39 is 0 Å². The molecule has 0 amide bonds. The van der Waals surface area contributed by atoms with Crippen molar-refractivity contribution in [1.29, 1.82) is 0 Å². The van der Waals surface area contributed by atoms with Gasteiger partial charge in [0.05, 0.1) is 5.37 Å². The van der Waals surface area contributed by atoms with Crippen LogP contribution in [0.4, 0.5) is 0 Å². The maximum atomic E-state index is 3.54. The summed E-state index contributed by atoms with van der Waals surface area (Å²) in [5.74, 6) is 1.19. The van der Waals surface area contributed by atoms with Crippen molar-refractivity contribution in [2.45, 2.75) is 18.3 Å². The summed E-state index contributed by atoms with van der Waals surface area (Å²) in [7, 11) is 0. The molecule has 76 valence electrons. The molecule has 1 aromatic rings. The second-order valence-electron chi connectivity index (χ2n) is 3.45. The highest BCUT2D eigenvalue weighted by Gasteiger charge is 2.22. The lowest BCUT2D eigenvalue weighted by atomic mass is 10.2. The summed E-state index contributed by atoms with van der Waals surface area (Å²) in [5.41, 5.74) is 1.34. The average molecular weight is 337 g/mol. The lowest BCUT2D eigenvalue weighted by molar-refractivity contribution is 0.618. The van der Waals surface area contributed by atoms with Gasteiger partial charge < -0.3 is 0 Å². The van der Waals surface area contributed by atoms with Gasteiger partial charge in [0.2, 0.25) is 0 Å². The second kappa shape index (κ2) is 4.56. The lowest BCUT2D eigenvalue weighted by Gasteiger charge is -2.11. The molecule has 1 nitrogen and oxygen atoms in total. The quantitative estimate of drug-likeness (QED) is 0.833. The molecule has 2 unspecified atom stereocenters. The molecule has 0 spiro atoms. The fraction of sp³-hybridized carbons (Fsp3) is 0.400. The van der Waals surface area contributed by atoms with Gasteiger partial charge in [0.15, 0.2) is 0 Å². The van der Waals surface area contributed by atoms with Crippen molar-refractivity contribution in [3.63, 3.8) is 0 Å². The zero-order valence-electron chi connectivity index (χ0n) is 7.76. The van der Waals surface area contributed by atoms with Gasteiger partial charge >= 0.3 is 0 Å². The van der Waals surface area contributed by atoms with Gasteiger partial charge in [-0.2, -0.15) is 0 Å². The van der Waals surface area contributed by atoms with Crippen molar-refractivity contribution in [2.75, 3.05) is 5.75 Å². The number of hydrogen-bond donors (Lipinski definition) is 1. The van der Waals surface area contributed by atoms with E-state index in [-0.39, 0.29) is 0 Å². The highest BCUT2D eigenvalue weighted by Crippen LogP contribution is 2.35. The largest absolute Gasteiger partial charge is 0.298 e. The molecule has 0 saturated carbocycles. The van der Waals surface area contributed by atoms with E-state index in [0.29, 0.717) is 11.4 Å². The minimum Gasteiger partial charge on any atom is -0.298 e. The predicted octanol–water partition coefficient (Wildman–Crippen LogP) is 3.94. The Morgan fingerprint density at radius 3 is 2.71 bits per heavy atom. The summed E-state index contributed by atoms with van der Waals surface area (Å²) in [6.45, 7) is 2.22. The van der Waals surface area contributed by atoms with Gasteiger partial charge in [0.25, 0.3) is 0 Å². The fourth-order valence-electron chi connectivity index (χ4n) is 1.46. The van der Waals surface area contributed by atoms with E-state index in [4.69, 9.17) is 0 Å². The van der Waals surface area contributed by atoms with E-state index in [9.17, 15) is 0 Å². The van der Waals surface area contributed by atoms with Gasteiger partial charge in [-0.15, -0.1) is 11.8 Å². The third-order valence-electron chi connectivity index (χ3n) is 2.20. The van der Waals surface area contributed by atoms with E-state index in [1.165, 1.54) is 11.3 Å². The Bertz CT molecular complexity index is 343. The van der Waals surface area contributed by atoms with Crippen LogP contribution in [-0.4, -0.2) is 11.8 Å². The summed E-state index contributed by atoms with van der Waals surface area (Å²) >= 11 is 8.97. The van der Waals surface area contributed by atoms with E-state index in [1.807, 2.05) is 11.8 Å². The minimum absolute atomic E-state index is 0.453.